The van der Waals surface area contributed by atoms with Gasteiger partial charge in [0.15, 0.2) is 0 Å². The van der Waals surface area contributed by atoms with E-state index >= 15 is 0 Å². The van der Waals surface area contributed by atoms with E-state index in [1.807, 2.05) is 48.3 Å². The molecule has 0 aliphatic heterocycles. The summed E-state index contributed by atoms with van der Waals surface area (Å²) in [5.74, 6) is 0.800. The molecule has 0 amide bonds. The molecule has 0 saturated heterocycles. The summed E-state index contributed by atoms with van der Waals surface area (Å²) >= 11 is 0. The van der Waals surface area contributed by atoms with Crippen molar-refractivity contribution in [1.29, 1.82) is 0 Å². The standard InChI is InChI=1S/C13H13N2O.Pt/c1-15(12-7-3-2-4-8-12)13-9-5-6-11(10-16)14-13;/h2-7,9,16H,10H2,1H3;/q-1;. The summed E-state index contributed by atoms with van der Waals surface area (Å²) in [5, 5.41) is 9.03. The summed E-state index contributed by atoms with van der Waals surface area (Å²) in [7, 11) is 1.93. The Morgan fingerprint density at radius 2 is 2.06 bits per heavy atom. The molecule has 1 N–H and O–H groups in total. The van der Waals surface area contributed by atoms with Gasteiger partial charge in [-0.2, -0.15) is 24.3 Å². The van der Waals surface area contributed by atoms with Crippen molar-refractivity contribution in [2.24, 2.45) is 0 Å². The van der Waals surface area contributed by atoms with Crippen LogP contribution in [0.1, 0.15) is 5.69 Å². The summed E-state index contributed by atoms with van der Waals surface area (Å²) in [6, 6.07) is 16.4. The SMILES string of the molecule is CN(c1[c-]cccc1)c1cccc(CO)n1.[Pt]. The van der Waals surface area contributed by atoms with Gasteiger partial charge in [0.2, 0.25) is 0 Å². The number of aliphatic hydroxyl groups is 1. The predicted molar refractivity (Wildman–Crippen MR) is 63.5 cm³/mol. The zero-order valence-electron chi connectivity index (χ0n) is 9.41. The smallest absolute Gasteiger partial charge is 0.131 e. The topological polar surface area (TPSA) is 36.4 Å². The molecule has 4 heteroatoms. The average molecular weight is 408 g/mol. The molecule has 3 nitrogen and oxygen atoms in total. The first-order valence-electron chi connectivity index (χ1n) is 5.08. The predicted octanol–water partition coefficient (Wildman–Crippen LogP) is 2.14. The van der Waals surface area contributed by atoms with Gasteiger partial charge in [0.05, 0.1) is 12.3 Å². The molecule has 1 aromatic heterocycles. The Kier molecular flexibility index (Phi) is 5.33. The van der Waals surface area contributed by atoms with Gasteiger partial charge in [-0.3, -0.25) is 0 Å². The second-order valence-electron chi connectivity index (χ2n) is 3.45. The van der Waals surface area contributed by atoms with Crippen molar-refractivity contribution < 1.29 is 26.2 Å². The van der Waals surface area contributed by atoms with Crippen LogP contribution < -0.4 is 4.90 Å². The molecule has 92 valence electrons. The number of hydrogen-bond acceptors (Lipinski definition) is 3. The number of hydrogen-bond donors (Lipinski definition) is 1. The van der Waals surface area contributed by atoms with Gasteiger partial charge in [-0.15, -0.1) is 6.07 Å². The largest absolute Gasteiger partial charge is 0.390 e. The van der Waals surface area contributed by atoms with Crippen LogP contribution in [0.2, 0.25) is 0 Å². The number of rotatable bonds is 3. The molecule has 2 aromatic rings. The summed E-state index contributed by atoms with van der Waals surface area (Å²) < 4.78 is 0. The van der Waals surface area contributed by atoms with E-state index in [4.69, 9.17) is 5.11 Å². The van der Waals surface area contributed by atoms with Gasteiger partial charge in [-0.25, -0.2) is 4.98 Å². The number of aromatic nitrogens is 1. The van der Waals surface area contributed by atoms with E-state index in [1.165, 1.54) is 0 Å². The zero-order chi connectivity index (χ0) is 11.4. The molecular weight excluding hydrogens is 395 g/mol. The third kappa shape index (κ3) is 3.39. The molecule has 0 fully saturated rings. The van der Waals surface area contributed by atoms with E-state index in [9.17, 15) is 0 Å². The molecule has 0 saturated carbocycles. The van der Waals surface area contributed by atoms with Gasteiger partial charge in [0.25, 0.3) is 0 Å². The summed E-state index contributed by atoms with van der Waals surface area (Å²) in [6.45, 7) is -0.0415. The van der Waals surface area contributed by atoms with Crippen molar-refractivity contribution in [3.8, 4) is 0 Å². The molecular formula is C13H13N2OPt-. The van der Waals surface area contributed by atoms with Crippen LogP contribution in [0.5, 0.6) is 0 Å². The fraction of sp³-hybridized carbons (Fsp3) is 0.154. The van der Waals surface area contributed by atoms with Gasteiger partial charge in [0, 0.05) is 28.1 Å². The zero-order valence-corrected chi connectivity index (χ0v) is 11.7. The minimum Gasteiger partial charge on any atom is -0.390 e. The van der Waals surface area contributed by atoms with Crippen molar-refractivity contribution in [2.75, 3.05) is 11.9 Å². The molecule has 0 radical (unpaired) electrons. The maximum absolute atomic E-state index is 9.03. The van der Waals surface area contributed by atoms with E-state index in [0.29, 0.717) is 5.69 Å². The van der Waals surface area contributed by atoms with Crippen LogP contribution in [-0.4, -0.2) is 17.1 Å². The maximum atomic E-state index is 9.03. The second kappa shape index (κ2) is 6.53. The van der Waals surface area contributed by atoms with Crippen LogP contribution in [0.4, 0.5) is 11.5 Å². The molecule has 0 bridgehead atoms. The Morgan fingerprint density at radius 3 is 2.71 bits per heavy atom. The number of aliphatic hydroxyl groups excluding tert-OH is 1. The van der Waals surface area contributed by atoms with Crippen LogP contribution >= 0.6 is 0 Å². The maximum Gasteiger partial charge on any atom is 0.131 e. The second-order valence-corrected chi connectivity index (χ2v) is 3.45. The molecule has 17 heavy (non-hydrogen) atoms. The molecule has 1 aromatic carbocycles. The van der Waals surface area contributed by atoms with Gasteiger partial charge in [0.1, 0.15) is 5.82 Å². The quantitative estimate of drug-likeness (QED) is 0.791. The van der Waals surface area contributed by atoms with Crippen molar-refractivity contribution in [2.45, 2.75) is 6.61 Å². The molecule has 0 aliphatic carbocycles. The average Bonchev–Trinajstić information content (AvgIpc) is 2.39. The Morgan fingerprint density at radius 1 is 1.24 bits per heavy atom. The fourth-order valence-corrected chi connectivity index (χ4v) is 1.46. The fourth-order valence-electron chi connectivity index (χ4n) is 1.46. The molecule has 2 rings (SSSR count). The van der Waals surface area contributed by atoms with Gasteiger partial charge >= 0.3 is 0 Å². The first-order valence-corrected chi connectivity index (χ1v) is 5.08. The Labute approximate surface area is 115 Å². The Balaban J connectivity index is 0.00000144. The Bertz CT molecular complexity index is 462. The molecule has 0 unspecified atom stereocenters. The minimum absolute atomic E-state index is 0. The number of nitrogens with zero attached hydrogens (tertiary/aromatic N) is 2. The third-order valence-electron chi connectivity index (χ3n) is 2.35. The van der Waals surface area contributed by atoms with Crippen molar-refractivity contribution >= 4 is 11.5 Å². The van der Waals surface area contributed by atoms with Gasteiger partial charge in [-0.05, 0) is 12.1 Å². The van der Waals surface area contributed by atoms with E-state index < -0.39 is 0 Å². The number of anilines is 2. The van der Waals surface area contributed by atoms with E-state index in [0.717, 1.165) is 11.5 Å². The molecule has 0 aliphatic rings. The summed E-state index contributed by atoms with van der Waals surface area (Å²) in [4.78, 5) is 6.25. The molecule has 1 heterocycles. The van der Waals surface area contributed by atoms with E-state index in [1.54, 1.807) is 6.07 Å². The van der Waals surface area contributed by atoms with Crippen LogP contribution in [-0.2, 0) is 27.7 Å². The number of benzene rings is 1. The first-order chi connectivity index (χ1) is 7.81. The van der Waals surface area contributed by atoms with Crippen LogP contribution in [0.3, 0.4) is 0 Å². The Hall–Kier alpha value is -1.18. The van der Waals surface area contributed by atoms with Crippen LogP contribution in [0.15, 0.2) is 42.5 Å². The molecule has 0 atom stereocenters. The number of pyridine rings is 1. The van der Waals surface area contributed by atoms with Gasteiger partial charge < -0.3 is 10.0 Å². The van der Waals surface area contributed by atoms with Gasteiger partial charge in [-0.1, -0.05) is 11.8 Å². The van der Waals surface area contributed by atoms with Crippen molar-refractivity contribution in [1.82, 2.24) is 4.98 Å². The van der Waals surface area contributed by atoms with Crippen LogP contribution in [0, 0.1) is 6.07 Å². The van der Waals surface area contributed by atoms with E-state index in [2.05, 4.69) is 11.1 Å². The normalized spacial score (nSPS) is 9.53. The first kappa shape index (κ1) is 13.9. The monoisotopic (exact) mass is 408 g/mol. The molecule has 0 spiro atoms. The summed E-state index contributed by atoms with van der Waals surface area (Å²) in [6.07, 6.45) is 0. The third-order valence-corrected chi connectivity index (χ3v) is 2.35. The number of para-hydroxylation sites is 1. The summed E-state index contributed by atoms with van der Waals surface area (Å²) in [5.41, 5.74) is 1.62. The van der Waals surface area contributed by atoms with Crippen molar-refractivity contribution in [3.05, 3.63) is 54.2 Å². The van der Waals surface area contributed by atoms with E-state index in [-0.39, 0.29) is 27.7 Å². The van der Waals surface area contributed by atoms with Crippen molar-refractivity contribution in [3.63, 3.8) is 0 Å². The van der Waals surface area contributed by atoms with Crippen LogP contribution in [0.25, 0.3) is 0 Å². The minimum atomic E-state index is -0.0415.